The topological polar surface area (TPSA) is 0 Å². The smallest absolute Gasteiger partial charge is 0.202 e. The second kappa shape index (κ2) is 1.93. The third kappa shape index (κ3) is 1.40. The Morgan fingerprint density at radius 3 is 2.38 bits per heavy atom. The van der Waals surface area contributed by atoms with Gasteiger partial charge in [0.2, 0.25) is 0 Å². The highest BCUT2D eigenvalue weighted by Crippen LogP contribution is 2.35. The van der Waals surface area contributed by atoms with Crippen LogP contribution in [-0.2, 0) is 0 Å². The number of alkyl halides is 2. The molecule has 0 amide bonds. The van der Waals surface area contributed by atoms with E-state index in [1.807, 2.05) is 22.6 Å². The fraction of sp³-hybridized carbons (Fsp3) is 0.600. The zero-order valence-corrected chi connectivity index (χ0v) is 6.28. The third-order valence-electron chi connectivity index (χ3n) is 1.06. The van der Waals surface area contributed by atoms with Crippen molar-refractivity contribution in [3.63, 3.8) is 0 Å². The van der Waals surface area contributed by atoms with Crippen LogP contribution in [0.4, 0.5) is 8.78 Å². The molecule has 1 aliphatic carbocycles. The van der Waals surface area contributed by atoms with Gasteiger partial charge in [-0.05, 0) is 38.7 Å². The maximum atomic E-state index is 12.1. The lowest BCUT2D eigenvalue weighted by molar-refractivity contribution is 0.0555. The Bertz CT molecular complexity index is 128. The molecule has 0 N–H and O–H groups in total. The summed E-state index contributed by atoms with van der Waals surface area (Å²) in [5.74, 6) is -2.50. The van der Waals surface area contributed by atoms with Crippen LogP contribution in [0, 0.1) is 0 Å². The summed E-state index contributed by atoms with van der Waals surface area (Å²) in [6.45, 7) is 0. The van der Waals surface area contributed by atoms with Crippen molar-refractivity contribution in [3.05, 3.63) is 9.66 Å². The summed E-state index contributed by atoms with van der Waals surface area (Å²) >= 11 is 1.94. The molecule has 0 saturated carbocycles. The number of rotatable bonds is 0. The van der Waals surface area contributed by atoms with Crippen LogP contribution in [0.2, 0.25) is 0 Å². The van der Waals surface area contributed by atoms with Crippen LogP contribution in [0.25, 0.3) is 0 Å². The van der Waals surface area contributed by atoms with Crippen LogP contribution >= 0.6 is 22.6 Å². The minimum atomic E-state index is -2.50. The summed E-state index contributed by atoms with van der Waals surface area (Å²) in [7, 11) is 0. The van der Waals surface area contributed by atoms with E-state index in [2.05, 4.69) is 0 Å². The van der Waals surface area contributed by atoms with Crippen LogP contribution in [0.3, 0.4) is 0 Å². The van der Waals surface area contributed by atoms with Crippen molar-refractivity contribution in [1.82, 2.24) is 0 Å². The first-order chi connectivity index (χ1) is 3.60. The molecule has 1 aliphatic rings. The number of hydrogen-bond donors (Lipinski definition) is 0. The second-order valence-electron chi connectivity index (χ2n) is 1.85. The molecule has 0 fully saturated rings. The van der Waals surface area contributed by atoms with Gasteiger partial charge in [-0.2, -0.15) is 0 Å². The van der Waals surface area contributed by atoms with Crippen molar-refractivity contribution in [2.24, 2.45) is 0 Å². The Morgan fingerprint density at radius 1 is 1.62 bits per heavy atom. The molecule has 0 unspecified atom stereocenters. The van der Waals surface area contributed by atoms with Gasteiger partial charge in [-0.3, -0.25) is 0 Å². The Labute approximate surface area is 60.1 Å². The van der Waals surface area contributed by atoms with Crippen LogP contribution in [0.5, 0.6) is 0 Å². The molecule has 0 aromatic rings. The number of hydrogen-bond acceptors (Lipinski definition) is 0. The number of halogens is 3. The molecule has 0 spiro atoms. The molecule has 0 nitrogen and oxygen atoms in total. The lowest BCUT2D eigenvalue weighted by Crippen LogP contribution is -2.05. The standard InChI is InChI=1S/C5H5F2I/c6-5(7)2-1-4(8)3-5/h3H,1-2H2. The molecule has 0 aromatic heterocycles. The molecule has 0 aliphatic heterocycles. The van der Waals surface area contributed by atoms with Gasteiger partial charge in [-0.1, -0.05) is 0 Å². The molecular formula is C5H5F2I. The molecular weight excluding hydrogens is 225 g/mol. The predicted molar refractivity (Wildman–Crippen MR) is 36.3 cm³/mol. The quantitative estimate of drug-likeness (QED) is 0.561. The van der Waals surface area contributed by atoms with E-state index >= 15 is 0 Å². The van der Waals surface area contributed by atoms with Crippen LogP contribution < -0.4 is 0 Å². The Hall–Kier alpha value is 0.330. The van der Waals surface area contributed by atoms with E-state index in [-0.39, 0.29) is 6.42 Å². The minimum Gasteiger partial charge on any atom is -0.202 e. The van der Waals surface area contributed by atoms with Crippen molar-refractivity contribution in [3.8, 4) is 0 Å². The maximum absolute atomic E-state index is 12.1. The van der Waals surface area contributed by atoms with Crippen molar-refractivity contribution < 1.29 is 8.78 Å². The zero-order chi connectivity index (χ0) is 6.20. The monoisotopic (exact) mass is 230 g/mol. The van der Waals surface area contributed by atoms with Crippen LogP contribution in [0.1, 0.15) is 12.8 Å². The summed E-state index contributed by atoms with van der Waals surface area (Å²) in [6.07, 6.45) is 1.59. The van der Waals surface area contributed by atoms with Crippen molar-refractivity contribution >= 4 is 22.6 Å². The molecule has 8 heavy (non-hydrogen) atoms. The van der Waals surface area contributed by atoms with Gasteiger partial charge in [-0.25, -0.2) is 8.78 Å². The molecule has 0 bridgehead atoms. The van der Waals surface area contributed by atoms with Crippen LogP contribution in [-0.4, -0.2) is 5.92 Å². The van der Waals surface area contributed by atoms with Crippen molar-refractivity contribution in [1.29, 1.82) is 0 Å². The summed E-state index contributed by atoms with van der Waals surface area (Å²) in [5, 5.41) is 0. The minimum absolute atomic E-state index is 0.00523. The largest absolute Gasteiger partial charge is 0.267 e. The summed E-state index contributed by atoms with van der Waals surface area (Å²) in [4.78, 5) is 0. The summed E-state index contributed by atoms with van der Waals surface area (Å²) in [5.41, 5.74) is 0. The van der Waals surface area contributed by atoms with Gasteiger partial charge in [0.25, 0.3) is 5.92 Å². The van der Waals surface area contributed by atoms with E-state index in [9.17, 15) is 8.78 Å². The Kier molecular flexibility index (Phi) is 1.56. The molecule has 0 heterocycles. The fourth-order valence-corrected chi connectivity index (χ4v) is 1.38. The Morgan fingerprint density at radius 2 is 2.25 bits per heavy atom. The fourth-order valence-electron chi connectivity index (χ4n) is 0.660. The summed E-state index contributed by atoms with van der Waals surface area (Å²) < 4.78 is 25.0. The van der Waals surface area contributed by atoms with E-state index in [1.54, 1.807) is 0 Å². The Balaban J connectivity index is 2.67. The summed E-state index contributed by atoms with van der Waals surface area (Å²) in [6, 6.07) is 0. The zero-order valence-electron chi connectivity index (χ0n) is 4.13. The first kappa shape index (κ1) is 6.45. The van der Waals surface area contributed by atoms with Gasteiger partial charge < -0.3 is 0 Å². The molecule has 1 rings (SSSR count). The first-order valence-electron chi connectivity index (χ1n) is 2.35. The van der Waals surface area contributed by atoms with E-state index in [1.165, 1.54) is 0 Å². The number of allylic oxidation sites excluding steroid dienone is 2. The maximum Gasteiger partial charge on any atom is 0.267 e. The molecule has 0 saturated heterocycles. The lowest BCUT2D eigenvalue weighted by Gasteiger charge is -2.00. The van der Waals surface area contributed by atoms with E-state index < -0.39 is 5.92 Å². The second-order valence-corrected chi connectivity index (χ2v) is 3.24. The molecule has 3 heteroatoms. The average Bonchev–Trinajstić information content (AvgIpc) is 1.82. The van der Waals surface area contributed by atoms with Gasteiger partial charge in [0, 0.05) is 6.42 Å². The van der Waals surface area contributed by atoms with E-state index in [0.29, 0.717) is 6.42 Å². The highest BCUT2D eigenvalue weighted by molar-refractivity contribution is 14.1. The van der Waals surface area contributed by atoms with E-state index in [4.69, 9.17) is 0 Å². The molecule has 0 atom stereocenters. The van der Waals surface area contributed by atoms with E-state index in [0.717, 1.165) is 9.66 Å². The average molecular weight is 230 g/mol. The molecule has 0 aromatic carbocycles. The van der Waals surface area contributed by atoms with Crippen molar-refractivity contribution in [2.45, 2.75) is 18.8 Å². The van der Waals surface area contributed by atoms with Crippen LogP contribution in [0.15, 0.2) is 9.66 Å². The SMILES string of the molecule is FC1(F)C=C(I)CC1. The molecule has 0 radical (unpaired) electrons. The molecule has 46 valence electrons. The van der Waals surface area contributed by atoms with Gasteiger partial charge in [-0.15, -0.1) is 0 Å². The highest BCUT2D eigenvalue weighted by Gasteiger charge is 2.30. The lowest BCUT2D eigenvalue weighted by atomic mass is 10.3. The van der Waals surface area contributed by atoms with Gasteiger partial charge in [0.05, 0.1) is 0 Å². The van der Waals surface area contributed by atoms with Gasteiger partial charge >= 0.3 is 0 Å². The highest BCUT2D eigenvalue weighted by atomic mass is 127. The predicted octanol–water partition coefficient (Wildman–Crippen LogP) is 2.73. The normalized spacial score (nSPS) is 25.6. The van der Waals surface area contributed by atoms with Gasteiger partial charge in [0.1, 0.15) is 0 Å². The first-order valence-corrected chi connectivity index (χ1v) is 3.43. The van der Waals surface area contributed by atoms with Crippen molar-refractivity contribution in [2.75, 3.05) is 0 Å². The van der Waals surface area contributed by atoms with Gasteiger partial charge in [0.15, 0.2) is 0 Å². The third-order valence-corrected chi connectivity index (χ3v) is 1.92.